The molecule has 1 unspecified atom stereocenters. The standard InChI is InChI=1S/C23H24N4O4/c1-15-5-7-16(8-6-15)23(2)21(30)27(22(31)25-23)14-19(28)24-17-9-11-18(12-10-17)26-13-3-4-20(26)29/h5-12H,3-4,13-14H2,1-2H3,(H,24,28)(H,25,31). The summed E-state index contributed by atoms with van der Waals surface area (Å²) >= 11 is 0. The van der Waals surface area contributed by atoms with E-state index in [1.165, 1.54) is 0 Å². The maximum Gasteiger partial charge on any atom is 0.325 e. The van der Waals surface area contributed by atoms with Crippen molar-refractivity contribution in [2.45, 2.75) is 32.2 Å². The van der Waals surface area contributed by atoms with Crippen LogP contribution in [0.15, 0.2) is 48.5 Å². The van der Waals surface area contributed by atoms with Gasteiger partial charge < -0.3 is 15.5 Å². The fourth-order valence-corrected chi connectivity index (χ4v) is 3.91. The zero-order valence-corrected chi connectivity index (χ0v) is 17.5. The predicted octanol–water partition coefficient (Wildman–Crippen LogP) is 2.53. The van der Waals surface area contributed by atoms with Crippen LogP contribution in [0.1, 0.15) is 30.9 Å². The molecule has 2 heterocycles. The molecule has 0 aliphatic carbocycles. The second-order valence-electron chi connectivity index (χ2n) is 8.06. The first kappa shape index (κ1) is 20.6. The fraction of sp³-hybridized carbons (Fsp3) is 0.304. The minimum absolute atomic E-state index is 0.0898. The predicted molar refractivity (Wildman–Crippen MR) is 115 cm³/mol. The van der Waals surface area contributed by atoms with Gasteiger partial charge in [0.15, 0.2) is 0 Å². The van der Waals surface area contributed by atoms with Gasteiger partial charge in [-0.2, -0.15) is 0 Å². The van der Waals surface area contributed by atoms with Gasteiger partial charge in [0.1, 0.15) is 12.1 Å². The Morgan fingerprint density at radius 1 is 1.06 bits per heavy atom. The minimum Gasteiger partial charge on any atom is -0.325 e. The Kier molecular flexibility index (Phi) is 5.22. The van der Waals surface area contributed by atoms with Crippen LogP contribution in [0, 0.1) is 6.92 Å². The molecule has 2 aliphatic rings. The van der Waals surface area contributed by atoms with Gasteiger partial charge >= 0.3 is 6.03 Å². The van der Waals surface area contributed by atoms with Gasteiger partial charge in [0.25, 0.3) is 5.91 Å². The number of hydrogen-bond donors (Lipinski definition) is 2. The van der Waals surface area contributed by atoms with Gasteiger partial charge in [-0.05, 0) is 50.1 Å². The third kappa shape index (κ3) is 3.88. The Hall–Kier alpha value is -3.68. The number of hydrogen-bond acceptors (Lipinski definition) is 4. The number of amides is 5. The Bertz CT molecular complexity index is 1050. The molecule has 0 bridgehead atoms. The third-order valence-electron chi connectivity index (χ3n) is 5.74. The van der Waals surface area contributed by atoms with Crippen molar-refractivity contribution in [2.24, 2.45) is 0 Å². The molecule has 4 rings (SSSR count). The molecule has 2 N–H and O–H groups in total. The molecule has 0 radical (unpaired) electrons. The van der Waals surface area contributed by atoms with Crippen molar-refractivity contribution in [3.63, 3.8) is 0 Å². The number of carbonyl (C=O) groups is 4. The molecule has 0 spiro atoms. The highest BCUT2D eigenvalue weighted by Crippen LogP contribution is 2.29. The summed E-state index contributed by atoms with van der Waals surface area (Å²) in [6.07, 6.45) is 1.39. The van der Waals surface area contributed by atoms with Crippen molar-refractivity contribution in [1.29, 1.82) is 0 Å². The molecular formula is C23H24N4O4. The molecule has 2 saturated heterocycles. The average molecular weight is 420 g/mol. The first-order valence-electron chi connectivity index (χ1n) is 10.2. The average Bonchev–Trinajstić information content (AvgIpc) is 3.26. The van der Waals surface area contributed by atoms with Crippen molar-refractivity contribution >= 4 is 35.1 Å². The van der Waals surface area contributed by atoms with Crippen molar-refractivity contribution in [2.75, 3.05) is 23.3 Å². The van der Waals surface area contributed by atoms with Gasteiger partial charge in [-0.15, -0.1) is 0 Å². The Morgan fingerprint density at radius 3 is 2.35 bits per heavy atom. The van der Waals surface area contributed by atoms with Crippen LogP contribution in [-0.4, -0.2) is 41.7 Å². The molecule has 0 saturated carbocycles. The molecule has 2 aromatic carbocycles. The number of benzene rings is 2. The van der Waals surface area contributed by atoms with E-state index in [1.54, 1.807) is 48.2 Å². The number of nitrogens with zero attached hydrogens (tertiary/aromatic N) is 2. The van der Waals surface area contributed by atoms with Crippen LogP contribution >= 0.6 is 0 Å². The monoisotopic (exact) mass is 420 g/mol. The second kappa shape index (κ2) is 7.86. The maximum atomic E-state index is 13.0. The Morgan fingerprint density at radius 2 is 1.74 bits per heavy atom. The number of anilines is 2. The molecular weight excluding hydrogens is 396 g/mol. The second-order valence-corrected chi connectivity index (χ2v) is 8.06. The molecule has 8 nitrogen and oxygen atoms in total. The molecule has 0 aromatic heterocycles. The van der Waals surface area contributed by atoms with E-state index in [-0.39, 0.29) is 5.91 Å². The Balaban J connectivity index is 1.41. The number of nitrogens with one attached hydrogen (secondary N) is 2. The number of imide groups is 1. The van der Waals surface area contributed by atoms with E-state index in [0.29, 0.717) is 24.2 Å². The van der Waals surface area contributed by atoms with Crippen LogP contribution in [0.25, 0.3) is 0 Å². The normalized spacial score (nSPS) is 20.9. The van der Waals surface area contributed by atoms with Gasteiger partial charge in [-0.25, -0.2) is 4.79 Å². The van der Waals surface area contributed by atoms with Gasteiger partial charge in [-0.3, -0.25) is 19.3 Å². The van der Waals surface area contributed by atoms with Crippen LogP contribution in [0.3, 0.4) is 0 Å². The van der Waals surface area contributed by atoms with Crippen molar-refractivity contribution in [3.05, 3.63) is 59.7 Å². The topological polar surface area (TPSA) is 98.8 Å². The summed E-state index contributed by atoms with van der Waals surface area (Å²) in [5, 5.41) is 5.40. The number of rotatable bonds is 5. The summed E-state index contributed by atoms with van der Waals surface area (Å²) in [5.41, 5.74) is 1.79. The quantitative estimate of drug-likeness (QED) is 0.726. The van der Waals surface area contributed by atoms with Crippen molar-refractivity contribution < 1.29 is 19.2 Å². The summed E-state index contributed by atoms with van der Waals surface area (Å²) in [5.74, 6) is -0.868. The molecule has 8 heteroatoms. The van der Waals surface area contributed by atoms with E-state index in [2.05, 4.69) is 10.6 Å². The molecule has 31 heavy (non-hydrogen) atoms. The highest BCUT2D eigenvalue weighted by Gasteiger charge is 2.49. The molecule has 160 valence electrons. The van der Waals surface area contributed by atoms with Crippen LogP contribution in [0.4, 0.5) is 16.2 Å². The van der Waals surface area contributed by atoms with Crippen molar-refractivity contribution in [1.82, 2.24) is 10.2 Å². The van der Waals surface area contributed by atoms with Gasteiger partial charge in [0.2, 0.25) is 11.8 Å². The first-order chi connectivity index (χ1) is 14.8. The summed E-state index contributed by atoms with van der Waals surface area (Å²) in [6.45, 7) is 3.87. The van der Waals surface area contributed by atoms with Crippen molar-refractivity contribution in [3.8, 4) is 0 Å². The zero-order chi connectivity index (χ0) is 22.2. The smallest absolute Gasteiger partial charge is 0.325 e. The summed E-state index contributed by atoms with van der Waals surface area (Å²) in [7, 11) is 0. The van der Waals surface area contributed by atoms with Crippen LogP contribution in [-0.2, 0) is 19.9 Å². The van der Waals surface area contributed by atoms with E-state index in [1.807, 2.05) is 19.1 Å². The molecule has 2 fully saturated rings. The number of aryl methyl sites for hydroxylation is 1. The van der Waals surface area contributed by atoms with E-state index in [0.717, 1.165) is 22.6 Å². The molecule has 2 aliphatic heterocycles. The number of carbonyl (C=O) groups excluding carboxylic acids is 4. The lowest BCUT2D eigenvalue weighted by Gasteiger charge is -2.22. The lowest BCUT2D eigenvalue weighted by molar-refractivity contribution is -0.133. The van der Waals surface area contributed by atoms with Crippen LogP contribution in [0.2, 0.25) is 0 Å². The number of urea groups is 1. The maximum absolute atomic E-state index is 13.0. The largest absolute Gasteiger partial charge is 0.325 e. The Labute approximate surface area is 180 Å². The minimum atomic E-state index is -1.21. The van der Waals surface area contributed by atoms with Gasteiger partial charge in [0.05, 0.1) is 0 Å². The highest BCUT2D eigenvalue weighted by molar-refractivity contribution is 6.10. The van der Waals surface area contributed by atoms with Crippen LogP contribution in [0.5, 0.6) is 0 Å². The SMILES string of the molecule is Cc1ccc(C2(C)NC(=O)N(CC(=O)Nc3ccc(N4CCCC4=O)cc3)C2=O)cc1. The highest BCUT2D eigenvalue weighted by atomic mass is 16.2. The molecule has 2 aromatic rings. The first-order valence-corrected chi connectivity index (χ1v) is 10.2. The lowest BCUT2D eigenvalue weighted by atomic mass is 9.91. The molecule has 1 atom stereocenters. The molecule has 5 amide bonds. The summed E-state index contributed by atoms with van der Waals surface area (Å²) in [4.78, 5) is 52.4. The van der Waals surface area contributed by atoms with Gasteiger partial charge in [0, 0.05) is 24.3 Å². The van der Waals surface area contributed by atoms with Gasteiger partial charge in [-0.1, -0.05) is 29.8 Å². The van der Waals surface area contributed by atoms with E-state index < -0.39 is 29.9 Å². The lowest BCUT2D eigenvalue weighted by Crippen LogP contribution is -2.42. The third-order valence-corrected chi connectivity index (χ3v) is 5.74. The zero-order valence-electron chi connectivity index (χ0n) is 17.5. The van der Waals surface area contributed by atoms with E-state index in [4.69, 9.17) is 0 Å². The summed E-state index contributed by atoms with van der Waals surface area (Å²) < 4.78 is 0. The van der Waals surface area contributed by atoms with E-state index >= 15 is 0 Å². The van der Waals surface area contributed by atoms with Crippen LogP contribution < -0.4 is 15.5 Å². The fourth-order valence-electron chi connectivity index (χ4n) is 3.91. The summed E-state index contributed by atoms with van der Waals surface area (Å²) in [6, 6.07) is 13.6. The van der Waals surface area contributed by atoms with E-state index in [9.17, 15) is 19.2 Å².